The van der Waals surface area contributed by atoms with Crippen molar-refractivity contribution in [2.75, 3.05) is 6.54 Å². The minimum atomic E-state index is -3.97. The van der Waals surface area contributed by atoms with E-state index < -0.39 is 15.4 Å². The monoisotopic (exact) mass is 189 g/mol. The summed E-state index contributed by atoms with van der Waals surface area (Å²) in [6.45, 7) is 3.25. The molecule has 1 unspecified atom stereocenters. The van der Waals surface area contributed by atoms with Crippen LogP contribution in [0.1, 0.15) is 6.42 Å². The maximum absolute atomic E-state index is 10.4. The molecule has 0 amide bonds. The average molecular weight is 189 g/mol. The first kappa shape index (κ1) is 14.2. The molecule has 0 aromatic heterocycles. The van der Waals surface area contributed by atoms with Gasteiger partial charge in [-0.05, 0) is 6.42 Å². The topological polar surface area (TPSA) is 80.4 Å². The molecule has 0 aromatic carbocycles. The van der Waals surface area contributed by atoms with Gasteiger partial charge in [-0.15, -0.1) is 6.58 Å². The second-order valence-electron chi connectivity index (χ2n) is 1.90. The van der Waals surface area contributed by atoms with E-state index in [-0.39, 0.29) is 42.5 Å². The summed E-state index contributed by atoms with van der Waals surface area (Å²) >= 11 is 0. The number of rotatable bonds is 4. The van der Waals surface area contributed by atoms with E-state index >= 15 is 0 Å². The molecule has 4 nitrogen and oxygen atoms in total. The molecule has 0 aromatic rings. The van der Waals surface area contributed by atoms with Crippen LogP contribution < -0.4 is 5.73 Å². The molecule has 0 fully saturated rings. The van der Waals surface area contributed by atoms with Crippen LogP contribution in [0, 0.1) is 0 Å². The zero-order valence-electron chi connectivity index (χ0n) is 5.53. The van der Waals surface area contributed by atoms with Crippen LogP contribution in [0.15, 0.2) is 12.7 Å². The molecule has 0 rings (SSSR count). The van der Waals surface area contributed by atoms with Gasteiger partial charge in [0.1, 0.15) is 5.25 Å². The van der Waals surface area contributed by atoms with Gasteiger partial charge in [0, 0.05) is 6.54 Å². The van der Waals surface area contributed by atoms with E-state index in [0.717, 1.165) is 0 Å². The van der Waals surface area contributed by atoms with Gasteiger partial charge in [-0.1, -0.05) is 6.08 Å². The Morgan fingerprint density at radius 1 is 1.64 bits per heavy atom. The van der Waals surface area contributed by atoms with E-state index in [1.807, 2.05) is 0 Å². The fraction of sp³-hybridized carbons (Fsp3) is 0.600. The third kappa shape index (κ3) is 5.84. The normalized spacial score (nSPS) is 13.3. The number of hydrogen-bond donors (Lipinski definition) is 2. The fourth-order valence-corrected chi connectivity index (χ4v) is 1.15. The van der Waals surface area contributed by atoms with Crippen molar-refractivity contribution in [2.45, 2.75) is 11.7 Å². The second-order valence-corrected chi connectivity index (χ2v) is 3.59. The predicted molar refractivity (Wildman–Crippen MR) is 46.4 cm³/mol. The third-order valence-corrected chi connectivity index (χ3v) is 2.34. The maximum atomic E-state index is 10.4. The molecular formula is C5H12NNaO3S. The van der Waals surface area contributed by atoms with Crippen LogP contribution in [0.2, 0.25) is 0 Å². The summed E-state index contributed by atoms with van der Waals surface area (Å²) in [5, 5.41) is -0.898. The molecule has 0 aliphatic carbocycles. The van der Waals surface area contributed by atoms with Crippen molar-refractivity contribution < 1.29 is 13.0 Å². The molecule has 0 radical (unpaired) electrons. The van der Waals surface area contributed by atoms with E-state index in [9.17, 15) is 8.42 Å². The Balaban J connectivity index is 0. The SMILES string of the molecule is C=CCC(CN)S(=O)(=O)O.[NaH]. The summed E-state index contributed by atoms with van der Waals surface area (Å²) in [6, 6.07) is 0. The molecule has 0 saturated carbocycles. The van der Waals surface area contributed by atoms with Gasteiger partial charge in [0.15, 0.2) is 0 Å². The van der Waals surface area contributed by atoms with Gasteiger partial charge >= 0.3 is 29.6 Å². The molecule has 0 bridgehead atoms. The predicted octanol–water partition coefficient (Wildman–Crippen LogP) is -0.871. The van der Waals surface area contributed by atoms with Crippen LogP contribution in [0.4, 0.5) is 0 Å². The van der Waals surface area contributed by atoms with Gasteiger partial charge in [0.25, 0.3) is 10.1 Å². The summed E-state index contributed by atoms with van der Waals surface area (Å²) in [5.41, 5.74) is 5.06. The molecular weight excluding hydrogens is 177 g/mol. The summed E-state index contributed by atoms with van der Waals surface area (Å²) in [7, 11) is -3.97. The van der Waals surface area contributed by atoms with Crippen LogP contribution in [0.25, 0.3) is 0 Å². The number of allylic oxidation sites excluding steroid dienone is 1. The Labute approximate surface area is 88.9 Å². The first-order chi connectivity index (χ1) is 4.52. The first-order valence-corrected chi connectivity index (χ1v) is 4.30. The molecule has 62 valence electrons. The summed E-state index contributed by atoms with van der Waals surface area (Å²) in [4.78, 5) is 0. The van der Waals surface area contributed by atoms with Crippen LogP contribution in [-0.2, 0) is 10.1 Å². The van der Waals surface area contributed by atoms with Crippen molar-refractivity contribution in [1.82, 2.24) is 0 Å². The Bertz CT molecular complexity index is 202. The molecule has 0 aliphatic heterocycles. The second kappa shape index (κ2) is 6.16. The third-order valence-electron chi connectivity index (χ3n) is 1.11. The molecule has 1 atom stereocenters. The van der Waals surface area contributed by atoms with Crippen molar-refractivity contribution in [1.29, 1.82) is 0 Å². The van der Waals surface area contributed by atoms with Crippen molar-refractivity contribution in [3.05, 3.63) is 12.7 Å². The van der Waals surface area contributed by atoms with Crippen LogP contribution in [-0.4, -0.2) is 54.3 Å². The van der Waals surface area contributed by atoms with Crippen LogP contribution >= 0.6 is 0 Å². The zero-order chi connectivity index (χ0) is 8.20. The van der Waals surface area contributed by atoms with Crippen molar-refractivity contribution in [3.8, 4) is 0 Å². The molecule has 0 saturated heterocycles. The van der Waals surface area contributed by atoms with Gasteiger partial charge in [-0.2, -0.15) is 8.42 Å². The van der Waals surface area contributed by atoms with Crippen molar-refractivity contribution >= 4 is 39.7 Å². The Morgan fingerprint density at radius 3 is 2.18 bits per heavy atom. The van der Waals surface area contributed by atoms with Gasteiger partial charge in [0.2, 0.25) is 0 Å². The molecule has 11 heavy (non-hydrogen) atoms. The van der Waals surface area contributed by atoms with E-state index in [1.54, 1.807) is 0 Å². The Hall–Kier alpha value is 0.610. The first-order valence-electron chi connectivity index (χ1n) is 2.79. The summed E-state index contributed by atoms with van der Waals surface area (Å²) < 4.78 is 29.2. The Kier molecular flexibility index (Phi) is 7.93. The molecule has 0 spiro atoms. The molecule has 0 heterocycles. The number of hydrogen-bond acceptors (Lipinski definition) is 3. The van der Waals surface area contributed by atoms with Gasteiger partial charge in [0.05, 0.1) is 0 Å². The van der Waals surface area contributed by atoms with E-state index in [1.165, 1.54) is 6.08 Å². The van der Waals surface area contributed by atoms with E-state index in [0.29, 0.717) is 0 Å². The van der Waals surface area contributed by atoms with Crippen molar-refractivity contribution in [3.63, 3.8) is 0 Å². The van der Waals surface area contributed by atoms with E-state index in [4.69, 9.17) is 10.3 Å². The quantitative estimate of drug-likeness (QED) is 0.342. The fourth-order valence-electron chi connectivity index (χ4n) is 0.525. The van der Waals surface area contributed by atoms with Crippen LogP contribution in [0.3, 0.4) is 0 Å². The number of nitrogens with two attached hydrogens (primary N) is 1. The van der Waals surface area contributed by atoms with Gasteiger partial charge in [-0.3, -0.25) is 4.55 Å². The van der Waals surface area contributed by atoms with E-state index in [2.05, 4.69) is 6.58 Å². The standard InChI is InChI=1S/C5H11NO3S.Na.H/c1-2-3-5(4-6)10(7,8)9;;/h2,5H,1,3-4,6H2,(H,7,8,9);;. The van der Waals surface area contributed by atoms with Gasteiger partial charge < -0.3 is 5.73 Å². The van der Waals surface area contributed by atoms with Gasteiger partial charge in [-0.25, -0.2) is 0 Å². The molecule has 3 N–H and O–H groups in total. The zero-order valence-corrected chi connectivity index (χ0v) is 6.34. The summed E-state index contributed by atoms with van der Waals surface area (Å²) in [5.74, 6) is 0. The molecule has 6 heteroatoms. The molecule has 0 aliphatic rings. The minimum absolute atomic E-state index is 0. The van der Waals surface area contributed by atoms with Crippen LogP contribution in [0.5, 0.6) is 0 Å². The average Bonchev–Trinajstić information content (AvgIpc) is 1.80. The Morgan fingerprint density at radius 2 is 2.09 bits per heavy atom. The summed E-state index contributed by atoms with van der Waals surface area (Å²) in [6.07, 6.45) is 1.60. The van der Waals surface area contributed by atoms with Crippen molar-refractivity contribution in [2.24, 2.45) is 5.73 Å².